The summed E-state index contributed by atoms with van der Waals surface area (Å²) in [5.74, 6) is 0.658. The summed E-state index contributed by atoms with van der Waals surface area (Å²) in [6.45, 7) is 9.45. The molecular weight excluding hydrogens is 482 g/mol. The number of likely N-dealkylation sites (tertiary alicyclic amines) is 1. The van der Waals surface area contributed by atoms with Gasteiger partial charge in [0.15, 0.2) is 0 Å². The number of carboxylic acid groups (broad SMARTS) is 1. The second-order valence-electron chi connectivity index (χ2n) is 9.53. The molecule has 0 spiro atoms. The van der Waals surface area contributed by atoms with Gasteiger partial charge in [-0.3, -0.25) is 0 Å². The number of quaternary nitrogens is 1. The Hall–Kier alpha value is -2.48. The number of carbonyl (C=O) groups is 1. The predicted octanol–water partition coefficient (Wildman–Crippen LogP) is 7.09. The van der Waals surface area contributed by atoms with E-state index in [1.165, 1.54) is 22.5 Å². The highest BCUT2D eigenvalue weighted by molar-refractivity contribution is 7.17. The highest BCUT2D eigenvalue weighted by Gasteiger charge is 2.45. The Kier molecular flexibility index (Phi) is 7.79. The molecule has 4 rings (SSSR count). The van der Waals surface area contributed by atoms with Crippen molar-refractivity contribution < 1.29 is 19.1 Å². The molecule has 1 aliphatic rings. The van der Waals surface area contributed by atoms with Crippen LogP contribution in [0.4, 0.5) is 4.79 Å². The summed E-state index contributed by atoms with van der Waals surface area (Å²) in [6.07, 6.45) is 2.85. The molecule has 35 heavy (non-hydrogen) atoms. The van der Waals surface area contributed by atoms with Crippen LogP contribution in [-0.2, 0) is 12.8 Å². The molecule has 2 aromatic carbocycles. The first-order valence-corrected chi connectivity index (χ1v) is 13.5. The molecular formula is C27H33ClN3O3S+. The van der Waals surface area contributed by atoms with Crippen LogP contribution in [0.2, 0.25) is 5.02 Å². The molecule has 1 aromatic heterocycles. The average Bonchev–Trinajstić information content (AvgIpc) is 3.46. The SMILES string of the molecule is CCc1c(CC[N+]2(C(=O)O)CCC[C@H]2C)cccc1-c1nnc(-c2ccc(OC(C)C)c(Cl)c2)s1. The number of halogens is 1. The lowest BCUT2D eigenvalue weighted by Crippen LogP contribution is -2.55. The van der Waals surface area contributed by atoms with Gasteiger partial charge in [0.1, 0.15) is 15.8 Å². The molecule has 0 radical (unpaired) electrons. The molecule has 1 N–H and O–H groups in total. The van der Waals surface area contributed by atoms with E-state index < -0.39 is 6.09 Å². The van der Waals surface area contributed by atoms with Gasteiger partial charge < -0.3 is 9.84 Å². The zero-order valence-corrected chi connectivity index (χ0v) is 22.3. The maximum absolute atomic E-state index is 12.2. The number of aromatic nitrogens is 2. The second kappa shape index (κ2) is 10.6. The van der Waals surface area contributed by atoms with Gasteiger partial charge in [-0.1, -0.05) is 48.1 Å². The van der Waals surface area contributed by atoms with E-state index in [1.807, 2.05) is 38.1 Å². The normalized spacial score (nSPS) is 19.9. The molecule has 2 heterocycles. The van der Waals surface area contributed by atoms with Crippen LogP contribution >= 0.6 is 22.9 Å². The number of benzene rings is 2. The van der Waals surface area contributed by atoms with E-state index in [0.29, 0.717) is 23.9 Å². The Bertz CT molecular complexity index is 1210. The van der Waals surface area contributed by atoms with E-state index in [4.69, 9.17) is 16.3 Å². The Labute approximate surface area is 216 Å². The first-order chi connectivity index (χ1) is 16.7. The molecule has 1 fully saturated rings. The minimum Gasteiger partial charge on any atom is -0.489 e. The summed E-state index contributed by atoms with van der Waals surface area (Å²) in [7, 11) is 0. The van der Waals surface area contributed by atoms with Gasteiger partial charge in [0.05, 0.1) is 30.3 Å². The third-order valence-electron chi connectivity index (χ3n) is 7.01. The quantitative estimate of drug-likeness (QED) is 0.325. The first-order valence-electron chi connectivity index (χ1n) is 12.3. The van der Waals surface area contributed by atoms with Crippen LogP contribution in [0.25, 0.3) is 21.1 Å². The van der Waals surface area contributed by atoms with Crippen molar-refractivity contribution in [2.75, 3.05) is 13.1 Å². The standard InChI is InChI=1S/C27H32ClN3O3S/c1-5-21-19(13-15-31(27(32)33)14-7-8-18(31)4)9-6-10-22(21)26-30-29-25(35-26)20-11-12-24(23(28)16-20)34-17(2)3/h6,9-12,16-18H,5,7-8,13-15H2,1-4H3/p+1/t18-,31?/m1/s1. The second-order valence-corrected chi connectivity index (χ2v) is 10.9. The molecule has 1 aliphatic heterocycles. The van der Waals surface area contributed by atoms with Gasteiger partial charge >= 0.3 is 6.09 Å². The van der Waals surface area contributed by atoms with Crippen LogP contribution < -0.4 is 4.74 Å². The molecule has 0 aliphatic carbocycles. The minimum absolute atomic E-state index is 0.0484. The summed E-state index contributed by atoms with van der Waals surface area (Å²) in [5, 5.41) is 21.1. The van der Waals surface area contributed by atoms with Crippen LogP contribution in [0.5, 0.6) is 5.75 Å². The van der Waals surface area contributed by atoms with Gasteiger partial charge in [-0.25, -0.2) is 4.48 Å². The number of hydrogen-bond acceptors (Lipinski definition) is 5. The number of nitrogens with zero attached hydrogens (tertiary/aromatic N) is 3. The number of amides is 1. The van der Waals surface area contributed by atoms with Gasteiger partial charge in [-0.2, -0.15) is 4.79 Å². The number of ether oxygens (including phenoxy) is 1. The molecule has 1 amide bonds. The number of rotatable bonds is 8. The Morgan fingerprint density at radius 2 is 2.03 bits per heavy atom. The lowest BCUT2D eigenvalue weighted by atomic mass is 9.96. The van der Waals surface area contributed by atoms with Crippen LogP contribution in [0.15, 0.2) is 36.4 Å². The number of hydrogen-bond donors (Lipinski definition) is 1. The van der Waals surface area contributed by atoms with E-state index in [2.05, 4.69) is 36.2 Å². The summed E-state index contributed by atoms with van der Waals surface area (Å²) >= 11 is 7.97. The Balaban J connectivity index is 1.60. The predicted molar refractivity (Wildman–Crippen MR) is 141 cm³/mol. The van der Waals surface area contributed by atoms with Crippen molar-refractivity contribution in [1.29, 1.82) is 0 Å². The van der Waals surface area contributed by atoms with Crippen LogP contribution in [0.1, 0.15) is 51.7 Å². The Morgan fingerprint density at radius 1 is 1.26 bits per heavy atom. The molecule has 186 valence electrons. The van der Waals surface area contributed by atoms with E-state index in [-0.39, 0.29) is 16.6 Å². The lowest BCUT2D eigenvalue weighted by molar-refractivity contribution is -0.867. The van der Waals surface area contributed by atoms with Crippen LogP contribution in [-0.4, -0.2) is 51.1 Å². The molecule has 8 heteroatoms. The third-order valence-corrected chi connectivity index (χ3v) is 8.31. The molecule has 1 unspecified atom stereocenters. The third kappa shape index (κ3) is 5.22. The topological polar surface area (TPSA) is 72.3 Å². The van der Waals surface area contributed by atoms with Gasteiger partial charge in [0.2, 0.25) is 0 Å². The smallest absolute Gasteiger partial charge is 0.489 e. The largest absolute Gasteiger partial charge is 0.513 e. The van der Waals surface area contributed by atoms with Crippen molar-refractivity contribution in [2.24, 2.45) is 0 Å². The molecule has 1 saturated heterocycles. The maximum Gasteiger partial charge on any atom is 0.513 e. The molecule has 0 saturated carbocycles. The van der Waals surface area contributed by atoms with Gasteiger partial charge in [0.25, 0.3) is 0 Å². The van der Waals surface area contributed by atoms with Crippen molar-refractivity contribution in [1.82, 2.24) is 10.2 Å². The van der Waals surface area contributed by atoms with Gasteiger partial charge in [0, 0.05) is 30.4 Å². The molecule has 6 nitrogen and oxygen atoms in total. The monoisotopic (exact) mass is 514 g/mol. The highest BCUT2D eigenvalue weighted by atomic mass is 35.5. The van der Waals surface area contributed by atoms with Crippen molar-refractivity contribution in [3.05, 3.63) is 52.5 Å². The van der Waals surface area contributed by atoms with Crippen molar-refractivity contribution >= 4 is 29.0 Å². The van der Waals surface area contributed by atoms with Crippen molar-refractivity contribution in [3.8, 4) is 26.9 Å². The molecule has 3 aromatic rings. The fourth-order valence-electron chi connectivity index (χ4n) is 5.09. The van der Waals surface area contributed by atoms with Crippen LogP contribution in [0.3, 0.4) is 0 Å². The van der Waals surface area contributed by atoms with Gasteiger partial charge in [-0.15, -0.1) is 10.2 Å². The summed E-state index contributed by atoms with van der Waals surface area (Å²) in [4.78, 5) is 12.2. The van der Waals surface area contributed by atoms with E-state index in [9.17, 15) is 9.90 Å². The molecule has 0 bridgehead atoms. The average molecular weight is 515 g/mol. The molecule has 2 atom stereocenters. The van der Waals surface area contributed by atoms with E-state index in [1.54, 1.807) is 0 Å². The summed E-state index contributed by atoms with van der Waals surface area (Å²) in [6, 6.07) is 12.1. The zero-order chi connectivity index (χ0) is 25.2. The summed E-state index contributed by atoms with van der Waals surface area (Å²) in [5.41, 5.74) is 4.37. The fraction of sp³-hybridized carbons (Fsp3) is 0.444. The fourth-order valence-corrected chi connectivity index (χ4v) is 6.20. The van der Waals surface area contributed by atoms with Gasteiger partial charge in [-0.05, 0) is 56.5 Å². The summed E-state index contributed by atoms with van der Waals surface area (Å²) < 4.78 is 5.90. The Morgan fingerprint density at radius 3 is 2.66 bits per heavy atom. The zero-order valence-electron chi connectivity index (χ0n) is 20.8. The van der Waals surface area contributed by atoms with E-state index in [0.717, 1.165) is 46.8 Å². The lowest BCUT2D eigenvalue weighted by Gasteiger charge is -2.32. The maximum atomic E-state index is 12.2. The highest BCUT2D eigenvalue weighted by Crippen LogP contribution is 2.37. The van der Waals surface area contributed by atoms with Crippen LogP contribution in [0, 0.1) is 0 Å². The first kappa shape index (κ1) is 25.6. The van der Waals surface area contributed by atoms with Crippen molar-refractivity contribution in [2.45, 2.75) is 65.5 Å². The minimum atomic E-state index is -0.707. The van der Waals surface area contributed by atoms with E-state index >= 15 is 0 Å². The van der Waals surface area contributed by atoms with Crippen molar-refractivity contribution in [3.63, 3.8) is 0 Å².